The molecule has 1 heterocycles. The largest absolute Gasteiger partial charge is 0.317 e. The molecule has 0 aliphatic rings. The lowest BCUT2D eigenvalue weighted by Crippen LogP contribution is -2.44. The summed E-state index contributed by atoms with van der Waals surface area (Å²) in [6, 6.07) is 5.11. The molecule has 2 rings (SSSR count). The van der Waals surface area contributed by atoms with Crippen LogP contribution in [0.15, 0.2) is 36.5 Å². The second kappa shape index (κ2) is 9.52. The quantitative estimate of drug-likeness (QED) is 0.496. The van der Waals surface area contributed by atoms with Gasteiger partial charge in [-0.25, -0.2) is 17.2 Å². The lowest BCUT2D eigenvalue weighted by Gasteiger charge is -2.23. The topological polar surface area (TPSA) is 108 Å². The van der Waals surface area contributed by atoms with Gasteiger partial charge in [0.25, 0.3) is 5.91 Å². The molecule has 0 saturated carbocycles. The highest BCUT2D eigenvalue weighted by molar-refractivity contribution is 7.92. The van der Waals surface area contributed by atoms with Gasteiger partial charge in [-0.15, -0.1) is 0 Å². The Hall–Kier alpha value is -3.22. The van der Waals surface area contributed by atoms with Crippen molar-refractivity contribution in [2.45, 2.75) is 19.9 Å². The lowest BCUT2D eigenvalue weighted by atomic mass is 10.2. The Morgan fingerprint density at radius 1 is 1.10 bits per heavy atom. The molecule has 0 radical (unpaired) electrons. The van der Waals surface area contributed by atoms with Gasteiger partial charge < -0.3 is 0 Å². The zero-order valence-corrected chi connectivity index (χ0v) is 16.2. The van der Waals surface area contributed by atoms with Crippen LogP contribution < -0.4 is 15.2 Å². The van der Waals surface area contributed by atoms with Gasteiger partial charge in [0.1, 0.15) is 0 Å². The summed E-state index contributed by atoms with van der Waals surface area (Å²) in [7, 11) is -3.89. The van der Waals surface area contributed by atoms with Crippen LogP contribution in [0.2, 0.25) is 0 Å². The maximum absolute atomic E-state index is 13.6. The molecule has 0 aliphatic heterocycles. The second-order valence-corrected chi connectivity index (χ2v) is 7.97. The molecule has 0 unspecified atom stereocenters. The summed E-state index contributed by atoms with van der Waals surface area (Å²) in [4.78, 5) is 26.5. The number of alkyl halides is 2. The number of halogens is 4. The van der Waals surface area contributed by atoms with Gasteiger partial charge in [0, 0.05) is 12.3 Å². The zero-order chi connectivity index (χ0) is 22.5. The van der Waals surface area contributed by atoms with Crippen molar-refractivity contribution in [1.82, 2.24) is 15.8 Å². The van der Waals surface area contributed by atoms with Gasteiger partial charge in [-0.1, -0.05) is 0 Å². The highest BCUT2D eigenvalue weighted by Crippen LogP contribution is 2.23. The molecule has 0 saturated heterocycles. The van der Waals surface area contributed by atoms with Crippen LogP contribution in [0.5, 0.6) is 0 Å². The van der Waals surface area contributed by atoms with Gasteiger partial charge in [0.05, 0.1) is 29.2 Å². The van der Waals surface area contributed by atoms with E-state index in [1.54, 1.807) is 5.43 Å². The molecule has 0 atom stereocenters. The summed E-state index contributed by atoms with van der Waals surface area (Å²) in [5, 5.41) is 0. The molecule has 30 heavy (non-hydrogen) atoms. The number of benzene rings is 1. The predicted molar refractivity (Wildman–Crippen MR) is 97.9 cm³/mol. The van der Waals surface area contributed by atoms with E-state index in [4.69, 9.17) is 0 Å². The molecule has 2 N–H and O–H groups in total. The Morgan fingerprint density at radius 3 is 2.33 bits per heavy atom. The Labute approximate surface area is 168 Å². The number of carbonyl (C=O) groups excluding carboxylic acids is 2. The molecule has 162 valence electrons. The molecule has 0 aliphatic carbocycles. The maximum atomic E-state index is 13.6. The van der Waals surface area contributed by atoms with E-state index in [2.05, 4.69) is 4.98 Å². The third-order valence-electron chi connectivity index (χ3n) is 3.78. The minimum Gasteiger partial charge on any atom is -0.267 e. The number of sulfonamides is 1. The van der Waals surface area contributed by atoms with E-state index in [-0.39, 0.29) is 29.2 Å². The highest BCUT2D eigenvalue weighted by Gasteiger charge is 2.23. The number of hydrazine groups is 1. The van der Waals surface area contributed by atoms with Crippen molar-refractivity contribution in [2.75, 3.05) is 10.1 Å². The number of hydrogen-bond acceptors (Lipinski definition) is 5. The van der Waals surface area contributed by atoms with Gasteiger partial charge in [-0.2, -0.15) is 8.78 Å². The minimum absolute atomic E-state index is 0.106. The maximum Gasteiger partial charge on any atom is 0.317 e. The van der Waals surface area contributed by atoms with Gasteiger partial charge in [-0.3, -0.25) is 29.7 Å². The van der Waals surface area contributed by atoms with Crippen molar-refractivity contribution >= 4 is 27.5 Å². The number of rotatable bonds is 7. The van der Waals surface area contributed by atoms with Crippen LogP contribution in [0, 0.1) is 11.6 Å². The normalized spacial score (nSPS) is 11.3. The van der Waals surface area contributed by atoms with Crippen molar-refractivity contribution in [3.05, 3.63) is 59.4 Å². The van der Waals surface area contributed by atoms with Crippen molar-refractivity contribution in [1.29, 1.82) is 0 Å². The summed E-state index contributed by atoms with van der Waals surface area (Å²) in [6.45, 7) is 1.03. The van der Waals surface area contributed by atoms with E-state index in [1.165, 1.54) is 24.5 Å². The third-order valence-corrected chi connectivity index (χ3v) is 5.52. The van der Waals surface area contributed by atoms with Gasteiger partial charge in [0.2, 0.25) is 10.0 Å². The van der Waals surface area contributed by atoms with Crippen molar-refractivity contribution in [3.8, 4) is 0 Å². The zero-order valence-electron chi connectivity index (χ0n) is 15.4. The number of carbonyl (C=O) groups is 2. The number of nitrogens with one attached hydrogen (secondary N) is 2. The van der Waals surface area contributed by atoms with Gasteiger partial charge in [0.15, 0.2) is 11.6 Å². The Bertz CT molecular complexity index is 1030. The first-order valence-corrected chi connectivity index (χ1v) is 9.94. The first-order chi connectivity index (χ1) is 14.0. The molecule has 2 aromatic rings. The standard InChI is InChI=1S/C17H16F4N4O4S/c1-2-30(28,29)25(12-5-6-13(18)14(19)7-12)9-11-4-3-10(8-22-11)16(26)23-24-17(27)15(20)21/h3-8,15H,2,9H2,1H3,(H,23,26)(H,24,27). The van der Waals surface area contributed by atoms with Crippen molar-refractivity contribution in [2.24, 2.45) is 0 Å². The second-order valence-electron chi connectivity index (χ2n) is 5.79. The van der Waals surface area contributed by atoms with E-state index < -0.39 is 39.9 Å². The number of amides is 2. The fourth-order valence-corrected chi connectivity index (χ4v) is 3.27. The molecule has 0 spiro atoms. The first kappa shape index (κ1) is 23.1. The van der Waals surface area contributed by atoms with Crippen LogP contribution in [-0.4, -0.2) is 37.4 Å². The number of nitrogens with zero attached hydrogens (tertiary/aromatic N) is 2. The average molecular weight is 448 g/mol. The summed E-state index contributed by atoms with van der Waals surface area (Å²) < 4.78 is 76.6. The SMILES string of the molecule is CCS(=O)(=O)N(Cc1ccc(C(=O)NNC(=O)C(F)F)cn1)c1ccc(F)c(F)c1. The van der Waals surface area contributed by atoms with E-state index in [0.717, 1.165) is 28.7 Å². The predicted octanol–water partition coefficient (Wildman–Crippen LogP) is 1.74. The molecular formula is C17H16F4N4O4S. The number of anilines is 1. The first-order valence-electron chi connectivity index (χ1n) is 8.34. The molecule has 2 amide bonds. The number of aromatic nitrogens is 1. The third kappa shape index (κ3) is 5.65. The minimum atomic E-state index is -3.89. The fraction of sp³-hybridized carbons (Fsp3) is 0.235. The summed E-state index contributed by atoms with van der Waals surface area (Å²) >= 11 is 0. The number of hydrogen-bond donors (Lipinski definition) is 2. The molecule has 13 heteroatoms. The van der Waals surface area contributed by atoms with E-state index in [9.17, 15) is 35.6 Å². The average Bonchev–Trinajstić information content (AvgIpc) is 2.72. The molecule has 1 aromatic carbocycles. The highest BCUT2D eigenvalue weighted by atomic mass is 32.2. The summed E-state index contributed by atoms with van der Waals surface area (Å²) in [6.07, 6.45) is -2.28. The Kier molecular flexibility index (Phi) is 7.32. The lowest BCUT2D eigenvalue weighted by molar-refractivity contribution is -0.132. The van der Waals surface area contributed by atoms with Crippen molar-refractivity contribution < 1.29 is 35.6 Å². The number of pyridine rings is 1. The van der Waals surface area contributed by atoms with Crippen LogP contribution in [0.3, 0.4) is 0 Å². The van der Waals surface area contributed by atoms with Crippen LogP contribution in [-0.2, 0) is 21.4 Å². The Morgan fingerprint density at radius 2 is 1.80 bits per heavy atom. The summed E-state index contributed by atoms with van der Waals surface area (Å²) in [5.74, 6) is -5.31. The van der Waals surface area contributed by atoms with Gasteiger partial charge in [-0.05, 0) is 31.2 Å². The van der Waals surface area contributed by atoms with E-state index in [1.807, 2.05) is 0 Å². The van der Waals surface area contributed by atoms with Crippen molar-refractivity contribution in [3.63, 3.8) is 0 Å². The Balaban J connectivity index is 2.20. The summed E-state index contributed by atoms with van der Waals surface area (Å²) in [5.41, 5.74) is 3.22. The van der Waals surface area contributed by atoms with Crippen LogP contribution in [0.1, 0.15) is 23.0 Å². The molecular weight excluding hydrogens is 432 g/mol. The fourth-order valence-electron chi connectivity index (χ4n) is 2.19. The van der Waals surface area contributed by atoms with E-state index in [0.29, 0.717) is 0 Å². The molecule has 0 fully saturated rings. The molecule has 0 bridgehead atoms. The van der Waals surface area contributed by atoms with E-state index >= 15 is 0 Å². The monoisotopic (exact) mass is 448 g/mol. The van der Waals surface area contributed by atoms with Crippen LogP contribution in [0.25, 0.3) is 0 Å². The molecule has 1 aromatic heterocycles. The van der Waals surface area contributed by atoms with Crippen LogP contribution in [0.4, 0.5) is 23.2 Å². The van der Waals surface area contributed by atoms with Crippen LogP contribution >= 0.6 is 0 Å². The molecule has 8 nitrogen and oxygen atoms in total. The van der Waals surface area contributed by atoms with Gasteiger partial charge >= 0.3 is 12.3 Å². The smallest absolute Gasteiger partial charge is 0.267 e.